The maximum atomic E-state index is 11.3. The number of aromatic nitrogens is 2. The summed E-state index contributed by atoms with van der Waals surface area (Å²) in [6.45, 7) is 0. The summed E-state index contributed by atoms with van der Waals surface area (Å²) in [5, 5.41) is 6.92. The molecule has 0 bridgehead atoms. The minimum absolute atomic E-state index is 0.195. The number of ether oxygens (including phenoxy) is 1. The van der Waals surface area contributed by atoms with E-state index in [2.05, 4.69) is 33.2 Å². The number of hydrogen-bond acceptors (Lipinski definition) is 4. The third-order valence-electron chi connectivity index (χ3n) is 3.28. The number of allylic oxidation sites excluding steroid dienone is 6. The molecule has 1 aromatic rings. The van der Waals surface area contributed by atoms with E-state index in [0.29, 0.717) is 6.42 Å². The predicted octanol–water partition coefficient (Wildman–Crippen LogP) is 1.83. The molecule has 0 aromatic carbocycles. The lowest BCUT2D eigenvalue weighted by atomic mass is 10.0. The minimum atomic E-state index is -0.565. The number of nitrogens with zero attached hydrogens (tertiary/aromatic N) is 1. The average Bonchev–Trinajstić information content (AvgIpc) is 2.90. The molecule has 2 rings (SSSR count). The topological polar surface area (TPSA) is 81.0 Å². The summed E-state index contributed by atoms with van der Waals surface area (Å²) < 4.78 is 4.62. The van der Waals surface area contributed by atoms with Crippen molar-refractivity contribution in [3.8, 4) is 0 Å². The third kappa shape index (κ3) is 3.68. The van der Waals surface area contributed by atoms with Crippen molar-refractivity contribution in [2.45, 2.75) is 24.8 Å². The van der Waals surface area contributed by atoms with Gasteiger partial charge < -0.3 is 10.5 Å². The van der Waals surface area contributed by atoms with Gasteiger partial charge in [-0.3, -0.25) is 9.89 Å². The van der Waals surface area contributed by atoms with Crippen LogP contribution < -0.4 is 5.73 Å². The number of carbonyl (C=O) groups is 1. The number of esters is 1. The maximum Gasteiger partial charge on any atom is 0.322 e. The van der Waals surface area contributed by atoms with Crippen LogP contribution in [0.15, 0.2) is 48.2 Å². The lowest BCUT2D eigenvalue weighted by Crippen LogP contribution is -2.31. The Kier molecular flexibility index (Phi) is 4.90. The van der Waals surface area contributed by atoms with E-state index < -0.39 is 6.04 Å². The fourth-order valence-corrected chi connectivity index (χ4v) is 2.06. The fraction of sp³-hybridized carbons (Fsp3) is 0.333. The molecule has 5 heteroatoms. The monoisotopic (exact) mass is 273 g/mol. The van der Waals surface area contributed by atoms with Crippen LogP contribution in [0.4, 0.5) is 0 Å². The number of H-pyrrole nitrogens is 1. The maximum absolute atomic E-state index is 11.3. The number of rotatable bonds is 5. The molecular weight excluding hydrogens is 254 g/mol. The molecule has 0 radical (unpaired) electrons. The van der Waals surface area contributed by atoms with E-state index in [1.807, 2.05) is 18.2 Å². The van der Waals surface area contributed by atoms with Crippen LogP contribution in [0.5, 0.6) is 0 Å². The highest BCUT2D eigenvalue weighted by molar-refractivity contribution is 5.75. The number of carbonyl (C=O) groups excluding carboxylic acids is 1. The van der Waals surface area contributed by atoms with Gasteiger partial charge in [-0.05, 0) is 24.5 Å². The van der Waals surface area contributed by atoms with Gasteiger partial charge in [0.05, 0.1) is 7.11 Å². The molecule has 0 saturated heterocycles. The van der Waals surface area contributed by atoms with Crippen LogP contribution in [0.25, 0.3) is 0 Å². The van der Waals surface area contributed by atoms with Crippen LogP contribution in [-0.4, -0.2) is 29.3 Å². The van der Waals surface area contributed by atoms with E-state index in [0.717, 1.165) is 17.7 Å². The van der Waals surface area contributed by atoms with E-state index in [-0.39, 0.29) is 11.9 Å². The lowest BCUT2D eigenvalue weighted by molar-refractivity contribution is -0.142. The molecule has 0 aliphatic heterocycles. The van der Waals surface area contributed by atoms with Crippen molar-refractivity contribution in [1.29, 1.82) is 0 Å². The molecule has 0 saturated carbocycles. The Bertz CT molecular complexity index is 529. The van der Waals surface area contributed by atoms with Crippen molar-refractivity contribution in [2.24, 2.45) is 5.73 Å². The lowest BCUT2D eigenvalue weighted by Gasteiger charge is -2.09. The van der Waals surface area contributed by atoms with Gasteiger partial charge in [0.2, 0.25) is 0 Å². The fourth-order valence-electron chi connectivity index (χ4n) is 2.06. The van der Waals surface area contributed by atoms with Crippen LogP contribution in [0.1, 0.15) is 24.5 Å². The highest BCUT2D eigenvalue weighted by Gasteiger charge is 2.14. The van der Waals surface area contributed by atoms with Crippen molar-refractivity contribution in [2.75, 3.05) is 7.11 Å². The van der Waals surface area contributed by atoms with Gasteiger partial charge in [0.15, 0.2) is 0 Å². The van der Waals surface area contributed by atoms with Crippen LogP contribution in [0.2, 0.25) is 0 Å². The Morgan fingerprint density at radius 1 is 1.55 bits per heavy atom. The first-order valence-electron chi connectivity index (χ1n) is 6.59. The molecule has 2 atom stereocenters. The first-order valence-corrected chi connectivity index (χ1v) is 6.59. The molecule has 1 aromatic heterocycles. The summed E-state index contributed by atoms with van der Waals surface area (Å²) in [4.78, 5) is 11.3. The van der Waals surface area contributed by atoms with Gasteiger partial charge in [0.1, 0.15) is 6.04 Å². The first-order chi connectivity index (χ1) is 9.70. The van der Waals surface area contributed by atoms with Gasteiger partial charge in [-0.15, -0.1) is 0 Å². The number of nitrogens with two attached hydrogens (primary N) is 1. The van der Waals surface area contributed by atoms with E-state index in [9.17, 15) is 4.79 Å². The van der Waals surface area contributed by atoms with Crippen molar-refractivity contribution in [3.05, 3.63) is 53.9 Å². The van der Waals surface area contributed by atoms with Gasteiger partial charge in [-0.25, -0.2) is 0 Å². The average molecular weight is 273 g/mol. The molecule has 20 heavy (non-hydrogen) atoms. The number of aromatic amines is 1. The Labute approximate surface area is 118 Å². The van der Waals surface area contributed by atoms with E-state index in [1.165, 1.54) is 7.11 Å². The van der Waals surface area contributed by atoms with E-state index in [4.69, 9.17) is 5.73 Å². The number of hydrogen-bond donors (Lipinski definition) is 2. The smallest absolute Gasteiger partial charge is 0.322 e. The van der Waals surface area contributed by atoms with Crippen LogP contribution >= 0.6 is 0 Å². The summed E-state index contributed by atoms with van der Waals surface area (Å²) in [6, 6.07) is 1.39. The van der Waals surface area contributed by atoms with Crippen LogP contribution in [0.3, 0.4) is 0 Å². The van der Waals surface area contributed by atoms with Gasteiger partial charge in [0.25, 0.3) is 0 Å². The van der Waals surface area contributed by atoms with Gasteiger partial charge in [-0.1, -0.05) is 30.4 Å². The molecule has 5 nitrogen and oxygen atoms in total. The number of methoxy groups -OCH3 is 1. The largest absolute Gasteiger partial charge is 0.468 e. The van der Waals surface area contributed by atoms with E-state index in [1.54, 1.807) is 6.20 Å². The second-order valence-electron chi connectivity index (χ2n) is 4.69. The highest BCUT2D eigenvalue weighted by Crippen LogP contribution is 2.21. The second-order valence-corrected chi connectivity index (χ2v) is 4.69. The van der Waals surface area contributed by atoms with Gasteiger partial charge in [-0.2, -0.15) is 5.10 Å². The minimum Gasteiger partial charge on any atom is -0.468 e. The zero-order valence-electron chi connectivity index (χ0n) is 11.5. The highest BCUT2D eigenvalue weighted by atomic mass is 16.5. The van der Waals surface area contributed by atoms with Gasteiger partial charge in [0, 0.05) is 17.8 Å². The molecule has 1 aliphatic carbocycles. The molecule has 2 unspecified atom stereocenters. The Balaban J connectivity index is 1.92. The zero-order chi connectivity index (χ0) is 14.4. The van der Waals surface area contributed by atoms with Crippen LogP contribution in [-0.2, 0) is 9.53 Å². The first kappa shape index (κ1) is 14.3. The molecule has 0 spiro atoms. The van der Waals surface area contributed by atoms with Crippen molar-refractivity contribution >= 4 is 5.97 Å². The molecule has 1 heterocycles. The molecule has 1 aliphatic rings. The SMILES string of the molecule is COC(=O)C(N)CCC1=CC=CC(c2ccn[nH]2)C=C1. The predicted molar refractivity (Wildman–Crippen MR) is 76.9 cm³/mol. The third-order valence-corrected chi connectivity index (χ3v) is 3.28. The van der Waals surface area contributed by atoms with Crippen molar-refractivity contribution in [1.82, 2.24) is 10.2 Å². The van der Waals surface area contributed by atoms with Crippen molar-refractivity contribution < 1.29 is 9.53 Å². The van der Waals surface area contributed by atoms with Crippen molar-refractivity contribution in [3.63, 3.8) is 0 Å². The Morgan fingerprint density at radius 2 is 2.40 bits per heavy atom. The summed E-state index contributed by atoms with van der Waals surface area (Å²) >= 11 is 0. The quantitative estimate of drug-likeness (QED) is 0.802. The second kappa shape index (κ2) is 6.86. The zero-order valence-corrected chi connectivity index (χ0v) is 11.5. The molecule has 106 valence electrons. The summed E-state index contributed by atoms with van der Waals surface area (Å²) in [5.41, 5.74) is 7.93. The van der Waals surface area contributed by atoms with Crippen LogP contribution in [0, 0.1) is 0 Å². The standard InChI is InChI=1S/C15H19N3O2/c1-20-15(19)13(16)8-6-11-3-2-4-12(7-5-11)14-9-10-17-18-14/h2-5,7,9-10,12-13H,6,8,16H2,1H3,(H,17,18). The van der Waals surface area contributed by atoms with Gasteiger partial charge >= 0.3 is 5.97 Å². The molecule has 3 N–H and O–H groups in total. The van der Waals surface area contributed by atoms with E-state index >= 15 is 0 Å². The normalized spacial score (nSPS) is 19.3. The number of nitrogens with one attached hydrogen (secondary N) is 1. The summed E-state index contributed by atoms with van der Waals surface area (Å²) in [7, 11) is 1.35. The summed E-state index contributed by atoms with van der Waals surface area (Å²) in [5.74, 6) is -0.172. The Hall–Kier alpha value is -2.14. The Morgan fingerprint density at radius 3 is 3.10 bits per heavy atom. The molecule has 0 amide bonds. The summed E-state index contributed by atoms with van der Waals surface area (Å²) in [6.07, 6.45) is 13.4. The molecule has 0 fully saturated rings. The molecular formula is C15H19N3O2.